The number of halogens is 3. The van der Waals surface area contributed by atoms with Crippen molar-refractivity contribution in [1.29, 1.82) is 0 Å². The van der Waals surface area contributed by atoms with Gasteiger partial charge in [0.25, 0.3) is 0 Å². The van der Waals surface area contributed by atoms with Crippen LogP contribution in [0.5, 0.6) is 0 Å². The molecular weight excluding hydrogens is 539 g/mol. The van der Waals surface area contributed by atoms with Gasteiger partial charge in [-0.15, -0.1) is 0 Å². The van der Waals surface area contributed by atoms with Crippen LogP contribution >= 0.6 is 0 Å². The molecule has 2 aliphatic rings. The molecule has 1 saturated heterocycles. The van der Waals surface area contributed by atoms with Crippen molar-refractivity contribution >= 4 is 35.0 Å². The molecule has 0 saturated carbocycles. The molecule has 13 heteroatoms. The molecule has 1 aliphatic heterocycles. The van der Waals surface area contributed by atoms with E-state index in [0.717, 1.165) is 25.7 Å². The highest BCUT2D eigenvalue weighted by molar-refractivity contribution is 5.99. The molecule has 1 fully saturated rings. The number of hydrogen-bond acceptors (Lipinski definition) is 8. The Hall–Kier alpha value is -4.39. The minimum Gasteiger partial charge on any atom is -0.499 e. The summed E-state index contributed by atoms with van der Waals surface area (Å²) in [5.74, 6) is -0.0830. The first-order valence-electron chi connectivity index (χ1n) is 13.0. The van der Waals surface area contributed by atoms with Crippen molar-refractivity contribution in [2.75, 3.05) is 55.8 Å². The lowest BCUT2D eigenvalue weighted by Crippen LogP contribution is -2.49. The molecule has 1 aromatic carbocycles. The number of hydrogen-bond donors (Lipinski definition) is 3. The minimum absolute atomic E-state index is 0.0513. The van der Waals surface area contributed by atoms with Gasteiger partial charge in [0.15, 0.2) is 0 Å². The van der Waals surface area contributed by atoms with E-state index >= 15 is 0 Å². The molecule has 41 heavy (non-hydrogen) atoms. The van der Waals surface area contributed by atoms with E-state index in [-0.39, 0.29) is 23.5 Å². The lowest BCUT2D eigenvalue weighted by atomic mass is 9.96. The van der Waals surface area contributed by atoms with Gasteiger partial charge in [-0.1, -0.05) is 18.7 Å². The first kappa shape index (κ1) is 29.6. The fourth-order valence-electron chi connectivity index (χ4n) is 4.62. The maximum absolute atomic E-state index is 13.8. The summed E-state index contributed by atoms with van der Waals surface area (Å²) >= 11 is 0. The highest BCUT2D eigenvalue weighted by Crippen LogP contribution is 2.36. The van der Waals surface area contributed by atoms with Gasteiger partial charge < -0.3 is 25.6 Å². The number of ether oxygens (including phenoxy) is 1. The van der Waals surface area contributed by atoms with E-state index in [2.05, 4.69) is 37.4 Å². The lowest BCUT2D eigenvalue weighted by Gasteiger charge is -2.36. The second kappa shape index (κ2) is 12.9. The van der Waals surface area contributed by atoms with Crippen LogP contribution in [0.25, 0.3) is 0 Å². The van der Waals surface area contributed by atoms with Crippen molar-refractivity contribution in [3.63, 3.8) is 0 Å². The summed E-state index contributed by atoms with van der Waals surface area (Å²) in [6, 6.07) is 6.20. The van der Waals surface area contributed by atoms with Crippen molar-refractivity contribution in [3.8, 4) is 0 Å². The van der Waals surface area contributed by atoms with Gasteiger partial charge in [-0.25, -0.2) is 4.98 Å². The molecule has 3 N–H and O–H groups in total. The summed E-state index contributed by atoms with van der Waals surface area (Å²) < 4.78 is 46.9. The number of methoxy groups -OCH3 is 1. The molecule has 2 heterocycles. The predicted octanol–water partition coefficient (Wildman–Crippen LogP) is 4.37. The summed E-state index contributed by atoms with van der Waals surface area (Å²) in [5.41, 5.74) is 0.153. The molecule has 1 atom stereocenters. The molecular formula is C28H32F3N7O3. The zero-order chi connectivity index (χ0) is 29.6. The van der Waals surface area contributed by atoms with Crippen LogP contribution in [-0.4, -0.2) is 71.4 Å². The van der Waals surface area contributed by atoms with Crippen molar-refractivity contribution in [2.45, 2.75) is 19.5 Å². The van der Waals surface area contributed by atoms with E-state index in [9.17, 15) is 22.8 Å². The average Bonchev–Trinajstić information content (AvgIpc) is 2.93. The zero-order valence-corrected chi connectivity index (χ0v) is 22.8. The Morgan fingerprint density at radius 2 is 1.90 bits per heavy atom. The first-order chi connectivity index (χ1) is 19.5. The van der Waals surface area contributed by atoms with Gasteiger partial charge >= 0.3 is 6.18 Å². The smallest absolute Gasteiger partial charge is 0.421 e. The minimum atomic E-state index is -4.71. The number of alkyl halides is 3. The highest BCUT2D eigenvalue weighted by atomic mass is 19.4. The predicted molar refractivity (Wildman–Crippen MR) is 149 cm³/mol. The van der Waals surface area contributed by atoms with Crippen LogP contribution < -0.4 is 16.0 Å². The van der Waals surface area contributed by atoms with Gasteiger partial charge in [0.1, 0.15) is 17.1 Å². The maximum atomic E-state index is 13.8. The highest BCUT2D eigenvalue weighted by Gasteiger charge is 2.35. The summed E-state index contributed by atoms with van der Waals surface area (Å²) in [4.78, 5) is 35.3. The van der Waals surface area contributed by atoms with Gasteiger partial charge in [-0.05, 0) is 36.3 Å². The Morgan fingerprint density at radius 3 is 2.56 bits per heavy atom. The number of rotatable bonds is 9. The van der Waals surface area contributed by atoms with Crippen LogP contribution in [0, 0.1) is 5.92 Å². The number of nitrogens with one attached hydrogen (secondary N) is 3. The third-order valence-electron chi connectivity index (χ3n) is 6.76. The number of amides is 2. The molecule has 1 unspecified atom stereocenters. The number of nitrogens with zero attached hydrogens (tertiary/aromatic N) is 4. The van der Waals surface area contributed by atoms with Gasteiger partial charge in [0.05, 0.1) is 12.8 Å². The fraction of sp³-hybridized carbons (Fsp3) is 0.357. The van der Waals surface area contributed by atoms with Gasteiger partial charge in [-0.2, -0.15) is 18.2 Å². The third kappa shape index (κ3) is 7.84. The molecule has 1 aromatic heterocycles. The number of piperazine rings is 1. The Labute approximate surface area is 236 Å². The summed E-state index contributed by atoms with van der Waals surface area (Å²) in [6.45, 7) is 8.73. The molecule has 218 valence electrons. The first-order valence-corrected chi connectivity index (χ1v) is 13.0. The van der Waals surface area contributed by atoms with E-state index < -0.39 is 23.5 Å². The van der Waals surface area contributed by atoms with Gasteiger partial charge in [-0.3, -0.25) is 14.5 Å². The normalized spacial score (nSPS) is 17.7. The van der Waals surface area contributed by atoms with E-state index in [1.54, 1.807) is 25.1 Å². The number of aromatic nitrogens is 2. The third-order valence-corrected chi connectivity index (χ3v) is 6.76. The largest absolute Gasteiger partial charge is 0.499 e. The van der Waals surface area contributed by atoms with E-state index in [1.807, 2.05) is 17.1 Å². The number of anilines is 4. The Kier molecular flexibility index (Phi) is 9.28. The Bertz CT molecular complexity index is 1350. The number of benzene rings is 1. The second-order valence-electron chi connectivity index (χ2n) is 9.65. The van der Waals surface area contributed by atoms with Crippen LogP contribution in [-0.2, 0) is 20.5 Å². The summed E-state index contributed by atoms with van der Waals surface area (Å²) in [7, 11) is 1.54. The van der Waals surface area contributed by atoms with Crippen LogP contribution in [0.4, 0.5) is 36.3 Å². The molecule has 0 radical (unpaired) electrons. The zero-order valence-electron chi connectivity index (χ0n) is 22.8. The van der Waals surface area contributed by atoms with Crippen LogP contribution in [0.2, 0.25) is 0 Å². The molecule has 0 bridgehead atoms. The van der Waals surface area contributed by atoms with Gasteiger partial charge in [0, 0.05) is 63.6 Å². The van der Waals surface area contributed by atoms with Crippen molar-refractivity contribution in [2.24, 2.45) is 5.92 Å². The summed E-state index contributed by atoms with van der Waals surface area (Å²) in [6.07, 6.45) is 1.51. The summed E-state index contributed by atoms with van der Waals surface area (Å²) in [5, 5.41) is 8.24. The van der Waals surface area contributed by atoms with E-state index in [1.165, 1.54) is 13.2 Å². The topological polar surface area (TPSA) is 112 Å². The van der Waals surface area contributed by atoms with Crippen LogP contribution in [0.1, 0.15) is 18.9 Å². The molecule has 1 aliphatic carbocycles. The molecule has 10 nitrogen and oxygen atoms in total. The monoisotopic (exact) mass is 571 g/mol. The van der Waals surface area contributed by atoms with Crippen LogP contribution in [0.15, 0.2) is 66.7 Å². The maximum Gasteiger partial charge on any atom is 0.421 e. The molecule has 4 rings (SSSR count). The fourth-order valence-corrected chi connectivity index (χ4v) is 4.62. The molecule has 0 spiro atoms. The van der Waals surface area contributed by atoms with Crippen molar-refractivity contribution in [1.82, 2.24) is 19.8 Å². The van der Waals surface area contributed by atoms with Crippen molar-refractivity contribution < 1.29 is 27.5 Å². The van der Waals surface area contributed by atoms with E-state index in [4.69, 9.17) is 4.74 Å². The number of carbonyl (C=O) groups is 2. The number of allylic oxidation sites excluding steroid dienone is 2. The second-order valence-corrected chi connectivity index (χ2v) is 9.65. The Balaban J connectivity index is 1.48. The molecule has 2 aromatic rings. The molecule has 2 amide bonds. The van der Waals surface area contributed by atoms with Crippen molar-refractivity contribution in [3.05, 3.63) is 72.3 Å². The average molecular weight is 572 g/mol. The standard InChI is InChI=1S/C28H32F3N7O3/c1-4-25(40)33-20-6-5-7-21(15-20)34-26-22(28(29,30)31)16-32-27(36-26)35-23-9-8-19(14-24(23)41-3)17-37-10-12-38(13-11-37)18(2)39/h4-9,15-16,19H,1,10-14,17H2,2-3H3,(H,33,40)(H2,32,34,35,36). The number of carbonyl (C=O) groups excluding carboxylic acids is 2. The van der Waals surface area contributed by atoms with Gasteiger partial charge in [0.2, 0.25) is 17.8 Å². The Morgan fingerprint density at radius 1 is 1.17 bits per heavy atom. The SMILES string of the molecule is C=CC(=O)Nc1cccc(Nc2nc(NC3=C(OC)CC(CN4CCN(C(C)=O)CC4)C=C3)ncc2C(F)(F)F)c1. The lowest BCUT2D eigenvalue weighted by molar-refractivity contribution is -0.137. The quantitative estimate of drug-likeness (QED) is 0.381. The van der Waals surface area contributed by atoms with E-state index in [0.29, 0.717) is 42.9 Å². The van der Waals surface area contributed by atoms with Crippen LogP contribution in [0.3, 0.4) is 0 Å².